The minimum atomic E-state index is -3.80. The van der Waals surface area contributed by atoms with Crippen LogP contribution in [0.5, 0.6) is 0 Å². The van der Waals surface area contributed by atoms with Gasteiger partial charge in [0.15, 0.2) is 0 Å². The highest BCUT2D eigenvalue weighted by molar-refractivity contribution is 7.92. The Morgan fingerprint density at radius 3 is 2.30 bits per heavy atom. The van der Waals surface area contributed by atoms with E-state index >= 15 is 0 Å². The van der Waals surface area contributed by atoms with Crippen molar-refractivity contribution in [2.45, 2.75) is 53.2 Å². The van der Waals surface area contributed by atoms with Crippen molar-refractivity contribution in [2.24, 2.45) is 0 Å². The van der Waals surface area contributed by atoms with Crippen molar-refractivity contribution in [2.75, 3.05) is 17.1 Å². The van der Waals surface area contributed by atoms with Crippen LogP contribution >= 0.6 is 11.6 Å². The van der Waals surface area contributed by atoms with Gasteiger partial charge < -0.3 is 10.2 Å². The van der Waals surface area contributed by atoms with Crippen molar-refractivity contribution in [1.82, 2.24) is 10.2 Å². The van der Waals surface area contributed by atoms with Crippen LogP contribution in [0.2, 0.25) is 5.02 Å². The van der Waals surface area contributed by atoms with Crippen LogP contribution in [0.4, 0.5) is 5.69 Å². The highest BCUT2D eigenvalue weighted by atomic mass is 35.5. The molecule has 180 valence electrons. The summed E-state index contributed by atoms with van der Waals surface area (Å²) in [6.45, 7) is 8.72. The van der Waals surface area contributed by atoms with Gasteiger partial charge in [-0.2, -0.15) is 0 Å². The standard InChI is InChI=1S/C24H32ClN3O4S/c1-16(2)26-24(30)19(5)27(14-20-9-7-8-17(3)12-20)23(29)15-28(33(6,31)32)22-13-21(25)11-10-18(22)4/h7-13,16,19H,14-15H2,1-6H3,(H,26,30)/t19-/m1/s1. The lowest BCUT2D eigenvalue weighted by Crippen LogP contribution is -2.52. The Labute approximate surface area is 201 Å². The third-order valence-electron chi connectivity index (χ3n) is 5.15. The maximum Gasteiger partial charge on any atom is 0.244 e. The van der Waals surface area contributed by atoms with Gasteiger partial charge in [0.05, 0.1) is 11.9 Å². The number of anilines is 1. The fourth-order valence-electron chi connectivity index (χ4n) is 3.44. The molecule has 7 nitrogen and oxygen atoms in total. The molecule has 0 spiro atoms. The van der Waals surface area contributed by atoms with Crippen molar-refractivity contribution in [3.05, 3.63) is 64.2 Å². The van der Waals surface area contributed by atoms with Gasteiger partial charge in [0.25, 0.3) is 0 Å². The van der Waals surface area contributed by atoms with Crippen LogP contribution in [0.25, 0.3) is 0 Å². The lowest BCUT2D eigenvalue weighted by molar-refractivity contribution is -0.139. The van der Waals surface area contributed by atoms with Gasteiger partial charge in [0.1, 0.15) is 12.6 Å². The fourth-order valence-corrected chi connectivity index (χ4v) is 4.51. The molecule has 33 heavy (non-hydrogen) atoms. The second-order valence-electron chi connectivity index (χ2n) is 8.55. The van der Waals surface area contributed by atoms with Gasteiger partial charge in [-0.3, -0.25) is 13.9 Å². The van der Waals surface area contributed by atoms with Crippen molar-refractivity contribution < 1.29 is 18.0 Å². The number of carbonyl (C=O) groups excluding carboxylic acids is 2. The average Bonchev–Trinajstić information content (AvgIpc) is 2.70. The molecule has 2 aromatic carbocycles. The number of aryl methyl sites for hydroxylation is 2. The fraction of sp³-hybridized carbons (Fsp3) is 0.417. The number of halogens is 1. The first-order valence-electron chi connectivity index (χ1n) is 10.7. The number of amides is 2. The molecule has 2 aromatic rings. The quantitative estimate of drug-likeness (QED) is 0.577. The van der Waals surface area contributed by atoms with Crippen LogP contribution < -0.4 is 9.62 Å². The Kier molecular flexibility index (Phi) is 8.91. The summed E-state index contributed by atoms with van der Waals surface area (Å²) in [6, 6.07) is 11.6. The molecular formula is C24H32ClN3O4S. The largest absolute Gasteiger partial charge is 0.352 e. The smallest absolute Gasteiger partial charge is 0.244 e. The first kappa shape index (κ1) is 26.7. The minimum Gasteiger partial charge on any atom is -0.352 e. The van der Waals surface area contributed by atoms with Crippen LogP contribution in [0.3, 0.4) is 0 Å². The minimum absolute atomic E-state index is 0.0995. The molecule has 2 amide bonds. The van der Waals surface area contributed by atoms with Gasteiger partial charge >= 0.3 is 0 Å². The van der Waals surface area contributed by atoms with Crippen molar-refractivity contribution in [1.29, 1.82) is 0 Å². The third kappa shape index (κ3) is 7.47. The number of nitrogens with zero attached hydrogens (tertiary/aromatic N) is 2. The third-order valence-corrected chi connectivity index (χ3v) is 6.51. The van der Waals surface area contributed by atoms with Crippen molar-refractivity contribution >= 4 is 39.1 Å². The van der Waals surface area contributed by atoms with Crippen molar-refractivity contribution in [3.8, 4) is 0 Å². The summed E-state index contributed by atoms with van der Waals surface area (Å²) in [7, 11) is -3.80. The zero-order valence-corrected chi connectivity index (χ0v) is 21.5. The van der Waals surface area contributed by atoms with E-state index in [2.05, 4.69) is 5.32 Å². The van der Waals surface area contributed by atoms with E-state index in [0.29, 0.717) is 16.3 Å². The number of benzene rings is 2. The van der Waals surface area contributed by atoms with E-state index in [9.17, 15) is 18.0 Å². The molecular weight excluding hydrogens is 462 g/mol. The Morgan fingerprint density at radius 2 is 1.73 bits per heavy atom. The van der Waals surface area contributed by atoms with E-state index in [-0.39, 0.29) is 18.5 Å². The Balaban J connectivity index is 2.44. The van der Waals surface area contributed by atoms with E-state index in [4.69, 9.17) is 11.6 Å². The highest BCUT2D eigenvalue weighted by Crippen LogP contribution is 2.26. The number of carbonyl (C=O) groups is 2. The predicted octanol–water partition coefficient (Wildman–Crippen LogP) is 3.66. The van der Waals surface area contributed by atoms with Gasteiger partial charge in [-0.15, -0.1) is 0 Å². The topological polar surface area (TPSA) is 86.8 Å². The molecule has 0 heterocycles. The SMILES string of the molecule is Cc1cccc(CN(C(=O)CN(c2cc(Cl)ccc2C)S(C)(=O)=O)[C@H](C)C(=O)NC(C)C)c1. The summed E-state index contributed by atoms with van der Waals surface area (Å²) in [6.07, 6.45) is 1.04. The second kappa shape index (κ2) is 11.0. The van der Waals surface area contributed by atoms with E-state index in [0.717, 1.165) is 21.7 Å². The van der Waals surface area contributed by atoms with Crippen LogP contribution in [0, 0.1) is 13.8 Å². The molecule has 0 aliphatic rings. The summed E-state index contributed by atoms with van der Waals surface area (Å²) < 4.78 is 26.3. The first-order chi connectivity index (χ1) is 15.3. The predicted molar refractivity (Wildman–Crippen MR) is 133 cm³/mol. The molecule has 0 radical (unpaired) electrons. The lowest BCUT2D eigenvalue weighted by atomic mass is 10.1. The molecule has 0 aliphatic carbocycles. The van der Waals surface area contributed by atoms with E-state index in [1.165, 1.54) is 11.0 Å². The molecule has 1 atom stereocenters. The second-order valence-corrected chi connectivity index (χ2v) is 10.9. The molecule has 0 bridgehead atoms. The van der Waals surface area contributed by atoms with Gasteiger partial charge in [-0.25, -0.2) is 8.42 Å². The average molecular weight is 494 g/mol. The molecule has 0 saturated carbocycles. The van der Waals surface area contributed by atoms with Gasteiger partial charge in [-0.05, 0) is 57.9 Å². The number of sulfonamides is 1. The summed E-state index contributed by atoms with van der Waals surface area (Å²) in [4.78, 5) is 27.7. The molecule has 9 heteroatoms. The van der Waals surface area contributed by atoms with Crippen LogP contribution in [0.15, 0.2) is 42.5 Å². The monoisotopic (exact) mass is 493 g/mol. The molecule has 2 rings (SSSR count). The van der Waals surface area contributed by atoms with E-state index in [1.807, 2.05) is 45.0 Å². The molecule has 0 aliphatic heterocycles. The number of nitrogens with one attached hydrogen (secondary N) is 1. The van der Waals surface area contributed by atoms with E-state index in [1.54, 1.807) is 26.0 Å². The Morgan fingerprint density at radius 1 is 1.06 bits per heavy atom. The Bertz CT molecular complexity index is 1120. The first-order valence-corrected chi connectivity index (χ1v) is 12.9. The molecule has 0 fully saturated rings. The number of hydrogen-bond donors (Lipinski definition) is 1. The van der Waals surface area contributed by atoms with Gasteiger partial charge in [0.2, 0.25) is 21.8 Å². The zero-order chi connectivity index (χ0) is 24.9. The molecule has 0 unspecified atom stereocenters. The maximum atomic E-state index is 13.5. The number of rotatable bonds is 9. The molecule has 0 aromatic heterocycles. The Hall–Kier alpha value is -2.58. The molecule has 1 N–H and O–H groups in total. The van der Waals surface area contributed by atoms with Gasteiger partial charge in [0, 0.05) is 17.6 Å². The van der Waals surface area contributed by atoms with Crippen LogP contribution in [0.1, 0.15) is 37.5 Å². The lowest BCUT2D eigenvalue weighted by Gasteiger charge is -2.32. The number of hydrogen-bond acceptors (Lipinski definition) is 4. The summed E-state index contributed by atoms with van der Waals surface area (Å²) >= 11 is 6.10. The zero-order valence-electron chi connectivity index (χ0n) is 19.9. The highest BCUT2D eigenvalue weighted by Gasteiger charge is 2.30. The normalized spacial score (nSPS) is 12.4. The van der Waals surface area contributed by atoms with Gasteiger partial charge in [-0.1, -0.05) is 47.5 Å². The van der Waals surface area contributed by atoms with E-state index < -0.39 is 28.5 Å². The molecule has 0 saturated heterocycles. The van der Waals surface area contributed by atoms with Crippen LogP contribution in [-0.2, 0) is 26.2 Å². The van der Waals surface area contributed by atoms with Crippen LogP contribution in [-0.4, -0.2) is 50.0 Å². The summed E-state index contributed by atoms with van der Waals surface area (Å²) in [5.74, 6) is -0.802. The summed E-state index contributed by atoms with van der Waals surface area (Å²) in [5.41, 5.74) is 2.85. The maximum absolute atomic E-state index is 13.5. The van der Waals surface area contributed by atoms with Crippen molar-refractivity contribution in [3.63, 3.8) is 0 Å². The summed E-state index contributed by atoms with van der Waals surface area (Å²) in [5, 5.41) is 3.18.